The van der Waals surface area contributed by atoms with Crippen molar-refractivity contribution in [3.05, 3.63) is 55.8 Å². The number of hydrogen-bond donors (Lipinski definition) is 0. The quantitative estimate of drug-likeness (QED) is 0.500. The van der Waals surface area contributed by atoms with Crippen molar-refractivity contribution < 1.29 is 4.42 Å². The number of aromatic nitrogens is 1. The predicted molar refractivity (Wildman–Crippen MR) is 86.6 cm³/mol. The van der Waals surface area contributed by atoms with E-state index >= 15 is 0 Å². The molecular formula is C14H10BrNO2S2. The molecule has 0 aliphatic heterocycles. The van der Waals surface area contributed by atoms with Gasteiger partial charge in [-0.2, -0.15) is 0 Å². The molecule has 0 unspecified atom stereocenters. The van der Waals surface area contributed by atoms with Crippen molar-refractivity contribution in [3.63, 3.8) is 0 Å². The fourth-order valence-corrected chi connectivity index (χ4v) is 4.04. The summed E-state index contributed by atoms with van der Waals surface area (Å²) in [7, 11) is 0. The number of aryl methyl sites for hydroxylation is 1. The maximum absolute atomic E-state index is 11.6. The normalized spacial score (nSPS) is 11.1. The van der Waals surface area contributed by atoms with E-state index in [0.29, 0.717) is 11.3 Å². The van der Waals surface area contributed by atoms with Crippen LogP contribution in [0.15, 0.2) is 47.7 Å². The van der Waals surface area contributed by atoms with Crippen LogP contribution in [0.25, 0.3) is 11.0 Å². The maximum Gasteiger partial charge on any atom is 0.336 e. The second kappa shape index (κ2) is 5.71. The summed E-state index contributed by atoms with van der Waals surface area (Å²) >= 11 is 6.65. The average molecular weight is 368 g/mol. The zero-order valence-electron chi connectivity index (χ0n) is 10.6. The van der Waals surface area contributed by atoms with E-state index < -0.39 is 0 Å². The smallest absolute Gasteiger partial charge is 0.336 e. The molecule has 102 valence electrons. The first kappa shape index (κ1) is 13.9. The number of thioether (sulfide) groups is 1. The highest BCUT2D eigenvalue weighted by Crippen LogP contribution is 2.29. The van der Waals surface area contributed by atoms with Gasteiger partial charge < -0.3 is 4.42 Å². The van der Waals surface area contributed by atoms with E-state index in [1.54, 1.807) is 29.2 Å². The molecule has 3 nitrogen and oxygen atoms in total. The summed E-state index contributed by atoms with van der Waals surface area (Å²) in [5, 5.41) is 2.99. The Kier molecular flexibility index (Phi) is 3.96. The first-order chi connectivity index (χ1) is 9.61. The molecule has 0 amide bonds. The van der Waals surface area contributed by atoms with E-state index in [9.17, 15) is 4.79 Å². The third-order valence-electron chi connectivity index (χ3n) is 2.74. The molecule has 0 saturated heterocycles. The van der Waals surface area contributed by atoms with Crippen molar-refractivity contribution in [3.8, 4) is 0 Å². The number of nitrogens with zero attached hydrogens (tertiary/aromatic N) is 1. The number of benzene rings is 1. The summed E-state index contributed by atoms with van der Waals surface area (Å²) in [6, 6.07) is 7.29. The van der Waals surface area contributed by atoms with Gasteiger partial charge in [0.2, 0.25) is 0 Å². The Morgan fingerprint density at radius 3 is 3.00 bits per heavy atom. The van der Waals surface area contributed by atoms with Crippen LogP contribution in [0.2, 0.25) is 0 Å². The molecule has 0 radical (unpaired) electrons. The van der Waals surface area contributed by atoms with Crippen LogP contribution in [-0.4, -0.2) is 4.98 Å². The van der Waals surface area contributed by atoms with Crippen molar-refractivity contribution in [1.82, 2.24) is 4.98 Å². The molecule has 2 heterocycles. The molecule has 0 aliphatic carbocycles. The minimum atomic E-state index is -0.318. The zero-order valence-corrected chi connectivity index (χ0v) is 13.8. The van der Waals surface area contributed by atoms with E-state index in [2.05, 4.69) is 20.9 Å². The molecule has 3 rings (SSSR count). The van der Waals surface area contributed by atoms with Crippen molar-refractivity contribution >= 4 is 50.0 Å². The molecule has 0 bridgehead atoms. The fourth-order valence-electron chi connectivity index (χ4n) is 1.86. The van der Waals surface area contributed by atoms with E-state index in [0.717, 1.165) is 25.5 Å². The molecule has 20 heavy (non-hydrogen) atoms. The third kappa shape index (κ3) is 2.97. The second-order valence-corrected chi connectivity index (χ2v) is 7.27. The first-order valence-corrected chi connectivity index (χ1v) is 8.55. The van der Waals surface area contributed by atoms with Gasteiger partial charge in [0.05, 0.1) is 0 Å². The standard InChI is InChI=1S/C14H10BrNO2S2/c1-8-6-19-14(16-8)20-7-9-4-13(17)18-12-5-10(15)2-3-11(9)12/h2-6H,7H2,1H3. The van der Waals surface area contributed by atoms with Gasteiger partial charge in [-0.3, -0.25) is 0 Å². The summed E-state index contributed by atoms with van der Waals surface area (Å²) in [4.78, 5) is 16.0. The van der Waals surface area contributed by atoms with Gasteiger partial charge in [-0.25, -0.2) is 9.78 Å². The Morgan fingerprint density at radius 2 is 2.25 bits per heavy atom. The number of rotatable bonds is 3. The van der Waals surface area contributed by atoms with Crippen LogP contribution in [0.5, 0.6) is 0 Å². The molecule has 6 heteroatoms. The number of hydrogen-bond acceptors (Lipinski definition) is 5. The van der Waals surface area contributed by atoms with Gasteiger partial charge in [0.1, 0.15) is 9.92 Å². The average Bonchev–Trinajstić information content (AvgIpc) is 2.81. The van der Waals surface area contributed by atoms with Gasteiger partial charge in [-0.05, 0) is 30.7 Å². The van der Waals surface area contributed by atoms with E-state index in [-0.39, 0.29) is 5.63 Å². The molecule has 1 aromatic carbocycles. The van der Waals surface area contributed by atoms with Gasteiger partial charge >= 0.3 is 5.63 Å². The minimum Gasteiger partial charge on any atom is -0.423 e. The summed E-state index contributed by atoms with van der Waals surface area (Å²) < 4.78 is 7.14. The lowest BCUT2D eigenvalue weighted by Gasteiger charge is -2.04. The monoisotopic (exact) mass is 367 g/mol. The van der Waals surface area contributed by atoms with E-state index in [4.69, 9.17) is 4.42 Å². The highest BCUT2D eigenvalue weighted by molar-refractivity contribution is 9.10. The molecule has 0 spiro atoms. The largest absolute Gasteiger partial charge is 0.423 e. The van der Waals surface area contributed by atoms with E-state index in [1.165, 1.54) is 0 Å². The lowest BCUT2D eigenvalue weighted by atomic mass is 10.1. The summed E-state index contributed by atoms with van der Waals surface area (Å²) in [6.45, 7) is 1.98. The van der Waals surface area contributed by atoms with Crippen LogP contribution in [0.1, 0.15) is 11.3 Å². The lowest BCUT2D eigenvalue weighted by molar-refractivity contribution is 0.559. The van der Waals surface area contributed by atoms with E-state index in [1.807, 2.05) is 30.5 Å². The van der Waals surface area contributed by atoms with Crippen LogP contribution >= 0.6 is 39.0 Å². The Morgan fingerprint density at radius 1 is 1.40 bits per heavy atom. The summed E-state index contributed by atoms with van der Waals surface area (Å²) in [5.74, 6) is 0.705. The number of fused-ring (bicyclic) bond motifs is 1. The first-order valence-electron chi connectivity index (χ1n) is 5.89. The van der Waals surface area contributed by atoms with Crippen molar-refractivity contribution in [2.24, 2.45) is 0 Å². The van der Waals surface area contributed by atoms with Crippen LogP contribution in [-0.2, 0) is 5.75 Å². The van der Waals surface area contributed by atoms with Crippen LogP contribution in [0.3, 0.4) is 0 Å². The Bertz CT molecular complexity index is 825. The Labute approximate surface area is 132 Å². The minimum absolute atomic E-state index is 0.318. The van der Waals surface area contributed by atoms with Crippen LogP contribution in [0.4, 0.5) is 0 Å². The number of halogens is 1. The topological polar surface area (TPSA) is 43.1 Å². The molecule has 0 N–H and O–H groups in total. The number of thiazole rings is 1. The highest BCUT2D eigenvalue weighted by Gasteiger charge is 2.08. The fraction of sp³-hybridized carbons (Fsp3) is 0.143. The highest BCUT2D eigenvalue weighted by atomic mass is 79.9. The van der Waals surface area contributed by atoms with Gasteiger partial charge in [-0.1, -0.05) is 27.7 Å². The van der Waals surface area contributed by atoms with Gasteiger partial charge in [0.15, 0.2) is 0 Å². The van der Waals surface area contributed by atoms with Crippen LogP contribution in [0, 0.1) is 6.92 Å². The third-order valence-corrected chi connectivity index (χ3v) is 5.42. The maximum atomic E-state index is 11.6. The summed E-state index contributed by atoms with van der Waals surface area (Å²) in [6.07, 6.45) is 0. The second-order valence-electron chi connectivity index (χ2n) is 4.27. The van der Waals surface area contributed by atoms with Crippen molar-refractivity contribution in [2.75, 3.05) is 0 Å². The lowest BCUT2D eigenvalue weighted by Crippen LogP contribution is -1.99. The SMILES string of the molecule is Cc1csc(SCc2cc(=O)oc3cc(Br)ccc23)n1. The Balaban J connectivity index is 1.96. The molecule has 0 aliphatic rings. The molecule has 0 saturated carbocycles. The van der Waals surface area contributed by atoms with Crippen molar-refractivity contribution in [1.29, 1.82) is 0 Å². The van der Waals surface area contributed by atoms with Crippen LogP contribution < -0.4 is 5.63 Å². The Hall–Kier alpha value is -1.11. The van der Waals surface area contributed by atoms with Gasteiger partial charge in [-0.15, -0.1) is 11.3 Å². The summed E-state index contributed by atoms with van der Waals surface area (Å²) in [5.41, 5.74) is 2.29. The molecule has 2 aromatic heterocycles. The van der Waals surface area contributed by atoms with Gasteiger partial charge in [0.25, 0.3) is 0 Å². The van der Waals surface area contributed by atoms with Gasteiger partial charge in [0, 0.05) is 32.8 Å². The molecule has 0 atom stereocenters. The van der Waals surface area contributed by atoms with Crippen molar-refractivity contribution in [2.45, 2.75) is 17.0 Å². The zero-order chi connectivity index (χ0) is 14.1. The molecule has 0 fully saturated rings. The predicted octanol–water partition coefficient (Wildman–Crippen LogP) is 4.61. The molecule has 3 aromatic rings. The molecular weight excluding hydrogens is 358 g/mol.